The molecule has 0 bridgehead atoms. The van der Waals surface area contributed by atoms with Gasteiger partial charge in [-0.1, -0.05) is 0 Å². The van der Waals surface area contributed by atoms with E-state index in [4.69, 9.17) is 0 Å². The van der Waals surface area contributed by atoms with Gasteiger partial charge < -0.3 is 14.4 Å². The van der Waals surface area contributed by atoms with Gasteiger partial charge in [0.1, 0.15) is 12.2 Å². The molecule has 6 rings (SSSR count). The number of likely N-dealkylation sites (tertiary alicyclic amines) is 3. The predicted molar refractivity (Wildman–Crippen MR) is 108 cm³/mol. The SMILES string of the molecule is Cn1c(CN2CC3(C2)CN(C(=O)N2CC4(CC(n5cnc(C(F)(F)F)n5)C4)C2)C3)nnc1C(F)(F)F. The van der Waals surface area contributed by atoms with Gasteiger partial charge in [0.05, 0.1) is 12.6 Å². The summed E-state index contributed by atoms with van der Waals surface area (Å²) in [7, 11) is 1.30. The lowest BCUT2D eigenvalue weighted by atomic mass is 9.60. The minimum atomic E-state index is -4.56. The third-order valence-corrected chi connectivity index (χ3v) is 7.82. The highest BCUT2D eigenvalue weighted by Gasteiger charge is 2.58. The summed E-state index contributed by atoms with van der Waals surface area (Å²) in [5.74, 6) is -1.92. The Bertz CT molecular complexity index is 1180. The number of aromatic nitrogens is 6. The van der Waals surface area contributed by atoms with Crippen LogP contribution < -0.4 is 0 Å². The molecule has 36 heavy (non-hydrogen) atoms. The van der Waals surface area contributed by atoms with Crippen molar-refractivity contribution in [2.24, 2.45) is 17.9 Å². The second-order valence-electron chi connectivity index (χ2n) is 10.7. The van der Waals surface area contributed by atoms with Crippen molar-refractivity contribution in [1.82, 2.24) is 44.2 Å². The molecule has 3 aliphatic heterocycles. The fourth-order valence-corrected chi connectivity index (χ4v) is 6.12. The summed E-state index contributed by atoms with van der Waals surface area (Å²) in [5.41, 5.74) is -0.0968. The first-order chi connectivity index (χ1) is 16.8. The summed E-state index contributed by atoms with van der Waals surface area (Å²) in [6, 6.07) is -0.184. The molecule has 1 saturated carbocycles. The summed E-state index contributed by atoms with van der Waals surface area (Å²) in [6.45, 7) is 3.96. The summed E-state index contributed by atoms with van der Waals surface area (Å²) >= 11 is 0. The molecular weight excluding hydrogens is 496 g/mol. The molecule has 2 spiro atoms. The number of hydrogen-bond donors (Lipinski definition) is 0. The number of alkyl halides is 6. The lowest BCUT2D eigenvalue weighted by Gasteiger charge is -2.63. The van der Waals surface area contributed by atoms with E-state index in [9.17, 15) is 31.1 Å². The Hall–Kier alpha value is -2.91. The van der Waals surface area contributed by atoms with Crippen molar-refractivity contribution in [3.63, 3.8) is 0 Å². The normalized spacial score (nSPS) is 23.4. The molecule has 4 aliphatic rings. The van der Waals surface area contributed by atoms with Crippen LogP contribution in [0.5, 0.6) is 0 Å². The molecule has 196 valence electrons. The van der Waals surface area contributed by atoms with Gasteiger partial charge in [-0.3, -0.25) is 4.90 Å². The van der Waals surface area contributed by atoms with Crippen LogP contribution in [0.3, 0.4) is 0 Å². The monoisotopic (exact) mass is 519 g/mol. The average molecular weight is 519 g/mol. The van der Waals surface area contributed by atoms with Crippen LogP contribution in [0, 0.1) is 10.8 Å². The molecule has 16 heteroatoms. The number of hydrogen-bond acceptors (Lipinski definition) is 6. The predicted octanol–water partition coefficient (Wildman–Crippen LogP) is 2.02. The van der Waals surface area contributed by atoms with Crippen molar-refractivity contribution in [1.29, 1.82) is 0 Å². The molecule has 10 nitrogen and oxygen atoms in total. The van der Waals surface area contributed by atoms with Gasteiger partial charge in [-0.2, -0.15) is 26.3 Å². The van der Waals surface area contributed by atoms with E-state index >= 15 is 0 Å². The lowest BCUT2D eigenvalue weighted by molar-refractivity contribution is -0.147. The van der Waals surface area contributed by atoms with E-state index in [0.29, 0.717) is 52.1 Å². The molecule has 0 N–H and O–H groups in total. The van der Waals surface area contributed by atoms with E-state index in [1.165, 1.54) is 11.7 Å². The Morgan fingerprint density at radius 3 is 2.08 bits per heavy atom. The fourth-order valence-electron chi connectivity index (χ4n) is 6.12. The van der Waals surface area contributed by atoms with Crippen LogP contribution in [-0.2, 0) is 25.9 Å². The number of urea groups is 1. The van der Waals surface area contributed by atoms with Gasteiger partial charge in [0.15, 0.2) is 0 Å². The highest BCUT2D eigenvalue weighted by atomic mass is 19.4. The van der Waals surface area contributed by atoms with E-state index in [1.54, 1.807) is 9.80 Å². The summed E-state index contributed by atoms with van der Waals surface area (Å²) in [5, 5.41) is 10.5. The second kappa shape index (κ2) is 7.32. The average Bonchev–Trinajstić information content (AvgIpc) is 3.27. The highest BCUT2D eigenvalue weighted by Crippen LogP contribution is 2.54. The van der Waals surface area contributed by atoms with Crippen LogP contribution in [0.25, 0.3) is 0 Å². The van der Waals surface area contributed by atoms with Crippen molar-refractivity contribution in [3.05, 3.63) is 23.8 Å². The van der Waals surface area contributed by atoms with Crippen molar-refractivity contribution < 1.29 is 31.1 Å². The third-order valence-electron chi connectivity index (χ3n) is 7.82. The Kier molecular flexibility index (Phi) is 4.78. The molecule has 3 saturated heterocycles. The largest absolute Gasteiger partial charge is 0.453 e. The van der Waals surface area contributed by atoms with Crippen LogP contribution in [0.1, 0.15) is 36.4 Å². The van der Waals surface area contributed by atoms with E-state index in [0.717, 1.165) is 10.9 Å². The van der Waals surface area contributed by atoms with Gasteiger partial charge >= 0.3 is 18.4 Å². The zero-order chi connectivity index (χ0) is 25.7. The molecular formula is C20H23F6N9O. The number of halogens is 6. The van der Waals surface area contributed by atoms with Crippen molar-refractivity contribution in [2.75, 3.05) is 39.3 Å². The molecule has 0 unspecified atom stereocenters. The molecule has 2 aromatic rings. The standard InChI is InChI=1S/C20H23F6N9O/c1-31-13(28-29-15(31)20(24,25)26)4-32-5-18(6-32)9-34(10-18)16(36)33-7-17(8-33)2-12(3-17)35-11-27-14(30-35)19(21,22)23/h11-12H,2-10H2,1H3. The molecule has 2 amide bonds. The highest BCUT2D eigenvalue weighted by molar-refractivity contribution is 5.77. The van der Waals surface area contributed by atoms with E-state index in [2.05, 4.69) is 20.3 Å². The number of carbonyl (C=O) groups is 1. The molecule has 4 fully saturated rings. The van der Waals surface area contributed by atoms with E-state index in [1.807, 2.05) is 4.90 Å². The quantitative estimate of drug-likeness (QED) is 0.577. The second-order valence-corrected chi connectivity index (χ2v) is 10.7. The Balaban J connectivity index is 0.936. The maximum atomic E-state index is 12.9. The first-order valence-electron chi connectivity index (χ1n) is 11.5. The van der Waals surface area contributed by atoms with Gasteiger partial charge in [-0.05, 0) is 12.8 Å². The van der Waals surface area contributed by atoms with E-state index in [-0.39, 0.29) is 35.3 Å². The molecule has 5 heterocycles. The Labute approximate surface area is 200 Å². The van der Waals surface area contributed by atoms with Crippen LogP contribution in [0.15, 0.2) is 6.33 Å². The van der Waals surface area contributed by atoms with Crippen molar-refractivity contribution in [3.8, 4) is 0 Å². The zero-order valence-electron chi connectivity index (χ0n) is 19.2. The van der Waals surface area contributed by atoms with Crippen LogP contribution in [-0.4, -0.2) is 89.5 Å². The van der Waals surface area contributed by atoms with Gasteiger partial charge in [0.25, 0.3) is 5.82 Å². The maximum Gasteiger partial charge on any atom is 0.453 e. The number of carbonyl (C=O) groups excluding carboxylic acids is 1. The summed E-state index contributed by atoms with van der Waals surface area (Å²) in [4.78, 5) is 21.7. The minimum absolute atomic E-state index is 0.0332. The van der Waals surface area contributed by atoms with Crippen LogP contribution >= 0.6 is 0 Å². The third kappa shape index (κ3) is 3.71. The van der Waals surface area contributed by atoms with Crippen LogP contribution in [0.4, 0.5) is 31.1 Å². The van der Waals surface area contributed by atoms with Crippen molar-refractivity contribution in [2.45, 2.75) is 37.8 Å². The number of amides is 2. The lowest BCUT2D eigenvalue weighted by Crippen LogP contribution is -2.75. The minimum Gasteiger partial charge on any atom is -0.323 e. The Morgan fingerprint density at radius 1 is 0.944 bits per heavy atom. The van der Waals surface area contributed by atoms with Crippen LogP contribution in [0.2, 0.25) is 0 Å². The topological polar surface area (TPSA) is 88.2 Å². The first kappa shape index (κ1) is 23.5. The fraction of sp³-hybridized carbons (Fsp3) is 0.750. The van der Waals surface area contributed by atoms with E-state index < -0.39 is 24.0 Å². The molecule has 0 aromatic carbocycles. The first-order valence-corrected chi connectivity index (χ1v) is 11.5. The smallest absolute Gasteiger partial charge is 0.323 e. The van der Waals surface area contributed by atoms with Crippen molar-refractivity contribution >= 4 is 6.03 Å². The van der Waals surface area contributed by atoms with Gasteiger partial charge in [-0.15, -0.1) is 15.3 Å². The molecule has 0 atom stereocenters. The van der Waals surface area contributed by atoms with Gasteiger partial charge in [0.2, 0.25) is 5.82 Å². The molecule has 2 aromatic heterocycles. The number of nitrogens with zero attached hydrogens (tertiary/aromatic N) is 9. The summed E-state index contributed by atoms with van der Waals surface area (Å²) < 4.78 is 79.0. The number of rotatable bonds is 3. The summed E-state index contributed by atoms with van der Waals surface area (Å²) in [6.07, 6.45) is -6.68. The van der Waals surface area contributed by atoms with Gasteiger partial charge in [0, 0.05) is 57.1 Å². The molecule has 0 radical (unpaired) electrons. The maximum absolute atomic E-state index is 12.9. The zero-order valence-corrected chi connectivity index (χ0v) is 19.2. The van der Waals surface area contributed by atoms with Gasteiger partial charge in [-0.25, -0.2) is 14.5 Å². The molecule has 1 aliphatic carbocycles. The Morgan fingerprint density at radius 2 is 1.56 bits per heavy atom.